The third-order valence-electron chi connectivity index (χ3n) is 5.18. The van der Waals surface area contributed by atoms with Crippen molar-refractivity contribution in [2.24, 2.45) is 11.1 Å². The van der Waals surface area contributed by atoms with Crippen LogP contribution < -0.4 is 5.73 Å². The number of amides is 1. The van der Waals surface area contributed by atoms with E-state index in [2.05, 4.69) is 4.90 Å². The Balaban J connectivity index is 1.64. The molecule has 0 radical (unpaired) electrons. The molecule has 0 aromatic heterocycles. The SMILES string of the molecule is NCC1(CC(=O)N2CCOC3CCCC32)CCC1. The van der Waals surface area contributed by atoms with Crippen molar-refractivity contribution in [2.45, 2.75) is 57.1 Å². The lowest BCUT2D eigenvalue weighted by Gasteiger charge is -2.44. The molecule has 1 amide bonds. The standard InChI is InChI=1S/C14H24N2O2/c15-10-14(5-2-6-14)9-13(17)16-7-8-18-12-4-1-3-11(12)16/h11-12H,1-10,15H2. The van der Waals surface area contributed by atoms with Gasteiger partial charge in [-0.15, -0.1) is 0 Å². The van der Waals surface area contributed by atoms with Crippen LogP contribution in [0.3, 0.4) is 0 Å². The lowest BCUT2D eigenvalue weighted by atomic mass is 9.66. The van der Waals surface area contributed by atoms with E-state index in [-0.39, 0.29) is 5.41 Å². The third kappa shape index (κ3) is 2.05. The molecule has 0 spiro atoms. The molecule has 1 saturated heterocycles. The van der Waals surface area contributed by atoms with Crippen LogP contribution in [0.25, 0.3) is 0 Å². The zero-order valence-corrected chi connectivity index (χ0v) is 11.1. The van der Waals surface area contributed by atoms with Gasteiger partial charge in [-0.05, 0) is 44.1 Å². The van der Waals surface area contributed by atoms with Gasteiger partial charge in [0.1, 0.15) is 0 Å². The maximum absolute atomic E-state index is 12.5. The number of rotatable bonds is 3. The van der Waals surface area contributed by atoms with Gasteiger partial charge >= 0.3 is 0 Å². The average Bonchev–Trinajstić information content (AvgIpc) is 2.81. The molecule has 4 heteroatoms. The van der Waals surface area contributed by atoms with E-state index in [4.69, 9.17) is 10.5 Å². The Labute approximate surface area is 109 Å². The molecule has 0 bridgehead atoms. The van der Waals surface area contributed by atoms with E-state index in [1.54, 1.807) is 0 Å². The first-order valence-electron chi connectivity index (χ1n) is 7.35. The summed E-state index contributed by atoms with van der Waals surface area (Å²) in [5, 5.41) is 0. The minimum Gasteiger partial charge on any atom is -0.374 e. The summed E-state index contributed by atoms with van der Waals surface area (Å²) in [4.78, 5) is 14.6. The summed E-state index contributed by atoms with van der Waals surface area (Å²) in [6, 6.07) is 0.348. The number of carbonyl (C=O) groups is 1. The summed E-state index contributed by atoms with van der Waals surface area (Å²) in [6.45, 7) is 2.15. The molecule has 102 valence electrons. The fraction of sp³-hybridized carbons (Fsp3) is 0.929. The molecule has 3 rings (SSSR count). The van der Waals surface area contributed by atoms with Crippen molar-refractivity contribution < 1.29 is 9.53 Å². The van der Waals surface area contributed by atoms with Gasteiger partial charge in [0, 0.05) is 13.0 Å². The average molecular weight is 252 g/mol. The van der Waals surface area contributed by atoms with Gasteiger partial charge < -0.3 is 15.4 Å². The molecule has 3 fully saturated rings. The van der Waals surface area contributed by atoms with Crippen molar-refractivity contribution in [3.63, 3.8) is 0 Å². The van der Waals surface area contributed by atoms with Gasteiger partial charge in [-0.25, -0.2) is 0 Å². The number of nitrogens with zero attached hydrogens (tertiary/aromatic N) is 1. The predicted molar refractivity (Wildman–Crippen MR) is 69.0 cm³/mol. The Hall–Kier alpha value is -0.610. The van der Waals surface area contributed by atoms with Crippen LogP contribution in [-0.4, -0.2) is 42.6 Å². The second-order valence-electron chi connectivity index (χ2n) is 6.23. The van der Waals surface area contributed by atoms with E-state index in [1.807, 2.05) is 0 Å². The quantitative estimate of drug-likeness (QED) is 0.823. The summed E-state index contributed by atoms with van der Waals surface area (Å²) in [6.07, 6.45) is 7.90. The van der Waals surface area contributed by atoms with Crippen molar-refractivity contribution in [3.8, 4) is 0 Å². The first-order valence-corrected chi connectivity index (χ1v) is 7.35. The molecular weight excluding hydrogens is 228 g/mol. The molecule has 2 N–H and O–H groups in total. The normalized spacial score (nSPS) is 33.9. The summed E-state index contributed by atoms with van der Waals surface area (Å²) in [5.41, 5.74) is 5.99. The molecule has 0 aromatic rings. The Kier molecular flexibility index (Phi) is 3.32. The predicted octanol–water partition coefficient (Wildman–Crippen LogP) is 1.29. The summed E-state index contributed by atoms with van der Waals surface area (Å²) >= 11 is 0. The molecule has 1 aliphatic heterocycles. The molecule has 18 heavy (non-hydrogen) atoms. The fourth-order valence-electron chi connectivity index (χ4n) is 3.79. The van der Waals surface area contributed by atoms with Crippen LogP contribution in [0, 0.1) is 5.41 Å². The van der Waals surface area contributed by atoms with Gasteiger partial charge in [-0.2, -0.15) is 0 Å². The highest BCUT2D eigenvalue weighted by Gasteiger charge is 2.43. The Morgan fingerprint density at radius 1 is 1.33 bits per heavy atom. The van der Waals surface area contributed by atoms with Crippen LogP contribution >= 0.6 is 0 Å². The molecule has 4 nitrogen and oxygen atoms in total. The van der Waals surface area contributed by atoms with Crippen molar-refractivity contribution in [2.75, 3.05) is 19.7 Å². The number of fused-ring (bicyclic) bond motifs is 1. The van der Waals surface area contributed by atoms with E-state index in [0.717, 1.165) is 32.2 Å². The third-order valence-corrected chi connectivity index (χ3v) is 5.18. The molecule has 1 heterocycles. The van der Waals surface area contributed by atoms with Gasteiger partial charge in [-0.1, -0.05) is 6.42 Å². The van der Waals surface area contributed by atoms with Crippen LogP contribution in [0.15, 0.2) is 0 Å². The lowest BCUT2D eigenvalue weighted by molar-refractivity contribution is -0.147. The van der Waals surface area contributed by atoms with Gasteiger partial charge in [0.25, 0.3) is 0 Å². The smallest absolute Gasteiger partial charge is 0.223 e. The van der Waals surface area contributed by atoms with E-state index in [1.165, 1.54) is 12.8 Å². The van der Waals surface area contributed by atoms with Gasteiger partial charge in [0.15, 0.2) is 0 Å². The Morgan fingerprint density at radius 2 is 2.17 bits per heavy atom. The first-order chi connectivity index (χ1) is 8.74. The molecule has 2 atom stereocenters. The van der Waals surface area contributed by atoms with Crippen LogP contribution in [0.4, 0.5) is 0 Å². The van der Waals surface area contributed by atoms with E-state index in [0.29, 0.717) is 37.6 Å². The number of hydrogen-bond donors (Lipinski definition) is 1. The number of ether oxygens (including phenoxy) is 1. The number of nitrogens with two attached hydrogens (primary N) is 1. The second kappa shape index (κ2) is 4.82. The zero-order chi connectivity index (χ0) is 12.6. The van der Waals surface area contributed by atoms with Crippen molar-refractivity contribution in [1.82, 2.24) is 4.90 Å². The zero-order valence-electron chi connectivity index (χ0n) is 11.1. The highest BCUT2D eigenvalue weighted by Crippen LogP contribution is 2.44. The molecule has 2 aliphatic carbocycles. The summed E-state index contributed by atoms with van der Waals surface area (Å²) < 4.78 is 5.76. The van der Waals surface area contributed by atoms with Crippen molar-refractivity contribution >= 4 is 5.91 Å². The second-order valence-corrected chi connectivity index (χ2v) is 6.23. The molecule has 0 aromatic carbocycles. The molecule has 2 saturated carbocycles. The van der Waals surface area contributed by atoms with Gasteiger partial charge in [0.05, 0.1) is 18.8 Å². The van der Waals surface area contributed by atoms with E-state index < -0.39 is 0 Å². The molecule has 3 aliphatic rings. The minimum atomic E-state index is 0.128. The topological polar surface area (TPSA) is 55.6 Å². The highest BCUT2D eigenvalue weighted by molar-refractivity contribution is 5.77. The Morgan fingerprint density at radius 3 is 2.83 bits per heavy atom. The number of hydrogen-bond acceptors (Lipinski definition) is 3. The number of carbonyl (C=O) groups excluding carboxylic acids is 1. The molecular formula is C14H24N2O2. The van der Waals surface area contributed by atoms with Crippen molar-refractivity contribution in [3.05, 3.63) is 0 Å². The van der Waals surface area contributed by atoms with Gasteiger partial charge in [0.2, 0.25) is 5.91 Å². The van der Waals surface area contributed by atoms with Crippen LogP contribution in [0.2, 0.25) is 0 Å². The Bertz CT molecular complexity index is 322. The van der Waals surface area contributed by atoms with Crippen LogP contribution in [0.1, 0.15) is 44.9 Å². The van der Waals surface area contributed by atoms with Gasteiger partial charge in [-0.3, -0.25) is 4.79 Å². The first kappa shape index (κ1) is 12.4. The van der Waals surface area contributed by atoms with E-state index >= 15 is 0 Å². The minimum absolute atomic E-state index is 0.128. The molecule has 2 unspecified atom stereocenters. The highest BCUT2D eigenvalue weighted by atomic mass is 16.5. The maximum Gasteiger partial charge on any atom is 0.223 e. The summed E-state index contributed by atoms with van der Waals surface area (Å²) in [5.74, 6) is 0.320. The largest absolute Gasteiger partial charge is 0.374 e. The summed E-state index contributed by atoms with van der Waals surface area (Å²) in [7, 11) is 0. The maximum atomic E-state index is 12.5. The lowest BCUT2D eigenvalue weighted by Crippen LogP contribution is -2.53. The number of morpholine rings is 1. The monoisotopic (exact) mass is 252 g/mol. The van der Waals surface area contributed by atoms with Crippen LogP contribution in [0.5, 0.6) is 0 Å². The van der Waals surface area contributed by atoms with Crippen molar-refractivity contribution in [1.29, 1.82) is 0 Å². The fourth-order valence-corrected chi connectivity index (χ4v) is 3.79. The van der Waals surface area contributed by atoms with Crippen LogP contribution in [-0.2, 0) is 9.53 Å². The van der Waals surface area contributed by atoms with E-state index in [9.17, 15) is 4.79 Å².